The molecule has 1 aromatic carbocycles. The molecule has 0 atom stereocenters. The number of aliphatic hydroxyl groups is 1. The molecule has 0 bridgehead atoms. The van der Waals surface area contributed by atoms with E-state index in [2.05, 4.69) is 10.4 Å². The van der Waals surface area contributed by atoms with Crippen molar-refractivity contribution in [3.05, 3.63) is 48.0 Å². The van der Waals surface area contributed by atoms with Crippen LogP contribution in [0.2, 0.25) is 0 Å². The predicted molar refractivity (Wildman–Crippen MR) is 86.0 cm³/mol. The molecule has 1 aromatic heterocycles. The lowest BCUT2D eigenvalue weighted by molar-refractivity contribution is 0.0851. The third-order valence-corrected chi connectivity index (χ3v) is 4.40. The predicted octanol–water partition coefficient (Wildman–Crippen LogP) is 2.54. The smallest absolute Gasteiger partial charge is 0.254 e. The van der Waals surface area contributed by atoms with E-state index in [0.29, 0.717) is 17.8 Å². The normalized spacial score (nSPS) is 11.5. The minimum atomic E-state index is -0.404. The van der Waals surface area contributed by atoms with Crippen LogP contribution < -0.4 is 5.32 Å². The fourth-order valence-electron chi connectivity index (χ4n) is 2.36. The summed E-state index contributed by atoms with van der Waals surface area (Å²) in [6, 6.07) is 6.24. The number of rotatable bonds is 7. The zero-order valence-electron chi connectivity index (χ0n) is 13.4. The molecule has 2 N–H and O–H groups in total. The van der Waals surface area contributed by atoms with Gasteiger partial charge in [0.1, 0.15) is 11.5 Å². The first-order valence-electron chi connectivity index (χ1n) is 7.74. The van der Waals surface area contributed by atoms with Crippen molar-refractivity contribution >= 4 is 5.91 Å². The van der Waals surface area contributed by atoms with Gasteiger partial charge in [0.2, 0.25) is 0 Å². The fraction of sp³-hybridized carbons (Fsp3) is 0.412. The lowest BCUT2D eigenvalue weighted by Crippen LogP contribution is -2.39. The van der Waals surface area contributed by atoms with Crippen molar-refractivity contribution in [1.29, 1.82) is 0 Å². The van der Waals surface area contributed by atoms with Gasteiger partial charge in [-0.1, -0.05) is 26.0 Å². The molecule has 2 rings (SSSR count). The molecule has 0 saturated carbocycles. The van der Waals surface area contributed by atoms with Gasteiger partial charge in [0.25, 0.3) is 5.91 Å². The van der Waals surface area contributed by atoms with Gasteiger partial charge in [-0.15, -0.1) is 0 Å². The maximum Gasteiger partial charge on any atom is 0.254 e. The number of para-hydroxylation sites is 1. The highest BCUT2D eigenvalue weighted by Gasteiger charge is 2.26. The van der Waals surface area contributed by atoms with Gasteiger partial charge in [-0.25, -0.2) is 9.07 Å². The Bertz CT molecular complexity index is 657. The molecule has 0 aliphatic rings. The minimum absolute atomic E-state index is 0.0226. The van der Waals surface area contributed by atoms with Gasteiger partial charge in [0.05, 0.1) is 18.4 Å². The Hall–Kier alpha value is -2.21. The maximum atomic E-state index is 13.7. The second kappa shape index (κ2) is 7.37. The number of nitrogens with zero attached hydrogens (tertiary/aromatic N) is 2. The SMILES string of the molecule is CCC(CC)(CO)CNC(=O)c1cnn(-c2ccccc2F)c1. The molecular formula is C17H22FN3O2. The Balaban J connectivity index is 2.09. The summed E-state index contributed by atoms with van der Waals surface area (Å²) in [7, 11) is 0. The van der Waals surface area contributed by atoms with Crippen molar-refractivity contribution in [2.24, 2.45) is 5.41 Å². The standard InChI is InChI=1S/C17H22FN3O2/c1-3-17(4-2,12-22)11-19-16(23)13-9-20-21(10-13)15-8-6-5-7-14(15)18/h5-10,22H,3-4,11-12H2,1-2H3,(H,19,23). The molecule has 0 fully saturated rings. The average Bonchev–Trinajstić information content (AvgIpc) is 3.07. The number of aliphatic hydroxyl groups excluding tert-OH is 1. The Morgan fingerprint density at radius 3 is 2.65 bits per heavy atom. The molecular weight excluding hydrogens is 297 g/mol. The van der Waals surface area contributed by atoms with Crippen molar-refractivity contribution < 1.29 is 14.3 Å². The van der Waals surface area contributed by atoms with E-state index in [1.807, 2.05) is 13.8 Å². The van der Waals surface area contributed by atoms with Crippen molar-refractivity contribution in [2.75, 3.05) is 13.2 Å². The molecule has 0 aliphatic carbocycles. The van der Waals surface area contributed by atoms with E-state index in [4.69, 9.17) is 0 Å². The van der Waals surface area contributed by atoms with Crippen molar-refractivity contribution in [3.8, 4) is 5.69 Å². The van der Waals surface area contributed by atoms with Crippen LogP contribution in [0.25, 0.3) is 5.69 Å². The number of benzene rings is 1. The Kier molecular flexibility index (Phi) is 5.50. The molecule has 0 spiro atoms. The zero-order valence-corrected chi connectivity index (χ0v) is 13.4. The molecule has 23 heavy (non-hydrogen) atoms. The molecule has 0 saturated heterocycles. The minimum Gasteiger partial charge on any atom is -0.396 e. The highest BCUT2D eigenvalue weighted by Crippen LogP contribution is 2.24. The summed E-state index contributed by atoms with van der Waals surface area (Å²) in [6.45, 7) is 4.39. The number of carbonyl (C=O) groups excluding carboxylic acids is 1. The summed E-state index contributed by atoms with van der Waals surface area (Å²) in [5.74, 6) is -0.689. The lowest BCUT2D eigenvalue weighted by Gasteiger charge is -2.29. The van der Waals surface area contributed by atoms with Crippen LogP contribution in [0.4, 0.5) is 4.39 Å². The average molecular weight is 319 g/mol. The monoisotopic (exact) mass is 319 g/mol. The summed E-state index contributed by atoms with van der Waals surface area (Å²) in [4.78, 5) is 12.2. The van der Waals surface area contributed by atoms with Crippen molar-refractivity contribution in [3.63, 3.8) is 0 Å². The summed E-state index contributed by atoms with van der Waals surface area (Å²) in [5, 5.41) is 16.4. The molecule has 0 radical (unpaired) electrons. The van der Waals surface area contributed by atoms with Crippen LogP contribution in [-0.2, 0) is 0 Å². The van der Waals surface area contributed by atoms with Crippen LogP contribution in [0.15, 0.2) is 36.7 Å². The van der Waals surface area contributed by atoms with Gasteiger partial charge in [0, 0.05) is 18.2 Å². The highest BCUT2D eigenvalue weighted by molar-refractivity contribution is 5.93. The zero-order chi connectivity index (χ0) is 16.9. The third-order valence-electron chi connectivity index (χ3n) is 4.40. The molecule has 5 nitrogen and oxygen atoms in total. The molecule has 0 unspecified atom stereocenters. The first-order chi connectivity index (χ1) is 11.0. The van der Waals surface area contributed by atoms with E-state index >= 15 is 0 Å². The number of amides is 1. The number of hydrogen-bond acceptors (Lipinski definition) is 3. The van der Waals surface area contributed by atoms with Crippen LogP contribution >= 0.6 is 0 Å². The van der Waals surface area contributed by atoms with Gasteiger partial charge in [0.15, 0.2) is 0 Å². The van der Waals surface area contributed by atoms with E-state index in [9.17, 15) is 14.3 Å². The third kappa shape index (κ3) is 3.76. The van der Waals surface area contributed by atoms with E-state index in [0.717, 1.165) is 12.8 Å². The van der Waals surface area contributed by atoms with Gasteiger partial charge in [-0.2, -0.15) is 5.10 Å². The molecule has 2 aromatic rings. The van der Waals surface area contributed by atoms with Crippen LogP contribution in [-0.4, -0.2) is 33.9 Å². The van der Waals surface area contributed by atoms with Gasteiger partial charge in [-0.05, 0) is 25.0 Å². The van der Waals surface area contributed by atoms with E-state index in [1.54, 1.807) is 18.2 Å². The molecule has 124 valence electrons. The van der Waals surface area contributed by atoms with Crippen LogP contribution in [0.5, 0.6) is 0 Å². The van der Waals surface area contributed by atoms with Crippen molar-refractivity contribution in [1.82, 2.24) is 15.1 Å². The lowest BCUT2D eigenvalue weighted by atomic mass is 9.83. The fourth-order valence-corrected chi connectivity index (χ4v) is 2.36. The molecule has 1 heterocycles. The van der Waals surface area contributed by atoms with Gasteiger partial charge in [-0.3, -0.25) is 4.79 Å². The van der Waals surface area contributed by atoms with E-state index in [1.165, 1.54) is 23.1 Å². The molecule has 1 amide bonds. The van der Waals surface area contributed by atoms with Crippen LogP contribution in [0.1, 0.15) is 37.0 Å². The summed E-state index contributed by atoms with van der Waals surface area (Å²) >= 11 is 0. The largest absolute Gasteiger partial charge is 0.396 e. The van der Waals surface area contributed by atoms with E-state index < -0.39 is 5.82 Å². The van der Waals surface area contributed by atoms with Crippen LogP contribution in [0, 0.1) is 11.2 Å². The van der Waals surface area contributed by atoms with E-state index in [-0.39, 0.29) is 17.9 Å². The molecule has 0 aliphatic heterocycles. The van der Waals surface area contributed by atoms with Gasteiger partial charge >= 0.3 is 0 Å². The summed E-state index contributed by atoms with van der Waals surface area (Å²) in [5.41, 5.74) is 0.336. The maximum absolute atomic E-state index is 13.7. The number of nitrogens with one attached hydrogen (secondary N) is 1. The Morgan fingerprint density at radius 2 is 2.04 bits per heavy atom. The molecule has 6 heteroatoms. The number of halogens is 1. The quantitative estimate of drug-likeness (QED) is 0.824. The van der Waals surface area contributed by atoms with Crippen molar-refractivity contribution in [2.45, 2.75) is 26.7 Å². The Morgan fingerprint density at radius 1 is 1.35 bits per heavy atom. The summed E-state index contributed by atoms with van der Waals surface area (Å²) < 4.78 is 15.1. The summed E-state index contributed by atoms with van der Waals surface area (Å²) in [6.07, 6.45) is 4.44. The first kappa shape index (κ1) is 17.1. The second-order valence-electron chi connectivity index (χ2n) is 5.67. The van der Waals surface area contributed by atoms with Gasteiger partial charge < -0.3 is 10.4 Å². The number of hydrogen-bond donors (Lipinski definition) is 2. The second-order valence-corrected chi connectivity index (χ2v) is 5.67. The topological polar surface area (TPSA) is 67.2 Å². The van der Waals surface area contributed by atoms with Crippen LogP contribution in [0.3, 0.4) is 0 Å². The number of aromatic nitrogens is 2. The highest BCUT2D eigenvalue weighted by atomic mass is 19.1. The Labute approximate surface area is 135 Å². The first-order valence-corrected chi connectivity index (χ1v) is 7.74. The number of carbonyl (C=O) groups is 1.